The average Bonchev–Trinajstić information content (AvgIpc) is 3.61. The molecule has 0 spiro atoms. The van der Waals surface area contributed by atoms with Crippen molar-refractivity contribution in [2.75, 3.05) is 19.3 Å². The van der Waals surface area contributed by atoms with E-state index < -0.39 is 23.4 Å². The van der Waals surface area contributed by atoms with Gasteiger partial charge < -0.3 is 25.4 Å². The summed E-state index contributed by atoms with van der Waals surface area (Å²) < 4.78 is 22.8. The summed E-state index contributed by atoms with van der Waals surface area (Å²) in [6.45, 7) is 3.81. The molecule has 1 aliphatic heterocycles. The number of likely N-dealkylation sites (N-methyl/N-ethyl adjacent to an activating group) is 1. The molecule has 0 saturated carbocycles. The van der Waals surface area contributed by atoms with Crippen molar-refractivity contribution < 1.29 is 23.8 Å². The molecule has 1 saturated heterocycles. The number of nitrogens with zero attached hydrogens (tertiary/aromatic N) is 7. The second-order valence-electron chi connectivity index (χ2n) is 11.0. The Hall–Kier alpha value is -5.51. The summed E-state index contributed by atoms with van der Waals surface area (Å²) in [7, 11) is 1.37. The third-order valence-corrected chi connectivity index (χ3v) is 7.75. The lowest BCUT2D eigenvalue weighted by molar-refractivity contribution is -0.127. The van der Waals surface area contributed by atoms with E-state index in [1.807, 2.05) is 24.3 Å². The van der Waals surface area contributed by atoms with Crippen LogP contribution in [0.2, 0.25) is 0 Å². The zero-order valence-corrected chi connectivity index (χ0v) is 24.4. The number of fused-ring (bicyclic) bond motifs is 1. The highest BCUT2D eigenvalue weighted by Crippen LogP contribution is 2.35. The van der Waals surface area contributed by atoms with Gasteiger partial charge in [-0.15, -0.1) is 0 Å². The molecule has 2 aromatic carbocycles. The first-order chi connectivity index (χ1) is 21.0. The average molecular weight is 599 g/mol. The van der Waals surface area contributed by atoms with Crippen molar-refractivity contribution in [3.63, 3.8) is 0 Å². The normalized spacial score (nSPS) is 15.3. The number of aromatic nitrogens is 4. The van der Waals surface area contributed by atoms with Crippen LogP contribution in [-0.2, 0) is 11.3 Å². The van der Waals surface area contributed by atoms with E-state index in [1.165, 1.54) is 25.5 Å². The standard InChI is InChI=1S/C31H31FN8O4/c1-31(2,38(3)30(42)43)15-19(16-33)29(41)39-13-7-8-20(39)17-40-28-25(27(34)35-18-36-28)26(37-40)23-12-11-22(14-24(23)32)44-21-9-5-4-6-10-21/h4-6,9-12,14-15,18,20H,7-8,13,17H2,1-3H3,(H,42,43)(H2,34,35,36)/b19-15+/t20-/m0/s1. The molecule has 44 heavy (non-hydrogen) atoms. The zero-order chi connectivity index (χ0) is 31.6. The Morgan fingerprint density at radius 1 is 1.23 bits per heavy atom. The predicted octanol–water partition coefficient (Wildman–Crippen LogP) is 4.84. The van der Waals surface area contributed by atoms with Gasteiger partial charge in [-0.1, -0.05) is 18.2 Å². The maximum Gasteiger partial charge on any atom is 0.407 e. The maximum atomic E-state index is 15.5. The number of carbonyl (C=O) groups is 2. The Morgan fingerprint density at radius 3 is 2.66 bits per heavy atom. The van der Waals surface area contributed by atoms with Gasteiger partial charge in [0.25, 0.3) is 5.91 Å². The van der Waals surface area contributed by atoms with E-state index in [-0.39, 0.29) is 35.2 Å². The van der Waals surface area contributed by atoms with Gasteiger partial charge in [0.1, 0.15) is 46.8 Å². The van der Waals surface area contributed by atoms with Crippen molar-refractivity contribution in [3.05, 3.63) is 72.3 Å². The Labute approximate surface area is 252 Å². The molecule has 1 aliphatic rings. The lowest BCUT2D eigenvalue weighted by Gasteiger charge is -2.31. The highest BCUT2D eigenvalue weighted by Gasteiger charge is 2.34. The van der Waals surface area contributed by atoms with Crippen LogP contribution in [0.15, 0.2) is 66.5 Å². The molecule has 1 fully saturated rings. The minimum atomic E-state index is -1.19. The number of amides is 2. The third kappa shape index (κ3) is 5.87. The van der Waals surface area contributed by atoms with Crippen LogP contribution < -0.4 is 10.5 Å². The van der Waals surface area contributed by atoms with Gasteiger partial charge in [-0.05, 0) is 57.0 Å². The molecular weight excluding hydrogens is 567 g/mol. The van der Waals surface area contributed by atoms with E-state index in [0.717, 1.165) is 4.90 Å². The Balaban J connectivity index is 1.45. The van der Waals surface area contributed by atoms with Gasteiger partial charge in [0, 0.05) is 25.2 Å². The van der Waals surface area contributed by atoms with Crippen LogP contribution in [0.25, 0.3) is 22.3 Å². The maximum absolute atomic E-state index is 15.5. The van der Waals surface area contributed by atoms with Gasteiger partial charge >= 0.3 is 6.09 Å². The summed E-state index contributed by atoms with van der Waals surface area (Å²) in [5.74, 6) is -0.0883. The largest absolute Gasteiger partial charge is 0.465 e. The van der Waals surface area contributed by atoms with Crippen LogP contribution in [0, 0.1) is 17.1 Å². The van der Waals surface area contributed by atoms with Gasteiger partial charge in [-0.25, -0.2) is 23.8 Å². The van der Waals surface area contributed by atoms with Gasteiger partial charge in [0.05, 0.1) is 23.5 Å². The number of nitrogen functional groups attached to an aromatic ring is 1. The molecule has 226 valence electrons. The van der Waals surface area contributed by atoms with Crippen LogP contribution in [0.3, 0.4) is 0 Å². The molecule has 0 aliphatic carbocycles. The molecule has 0 radical (unpaired) electrons. The first-order valence-corrected chi connectivity index (χ1v) is 13.9. The quantitative estimate of drug-likeness (QED) is 0.213. The van der Waals surface area contributed by atoms with E-state index in [2.05, 4.69) is 15.1 Å². The monoisotopic (exact) mass is 598 g/mol. The number of rotatable bonds is 8. The van der Waals surface area contributed by atoms with Crippen LogP contribution >= 0.6 is 0 Å². The zero-order valence-electron chi connectivity index (χ0n) is 24.4. The van der Waals surface area contributed by atoms with E-state index >= 15 is 4.39 Å². The van der Waals surface area contributed by atoms with Gasteiger partial charge in [-0.3, -0.25) is 4.79 Å². The topological polar surface area (TPSA) is 163 Å². The number of para-hydroxylation sites is 1. The fourth-order valence-electron chi connectivity index (χ4n) is 5.21. The van der Waals surface area contributed by atoms with Crippen molar-refractivity contribution in [1.29, 1.82) is 5.26 Å². The number of hydrogen-bond acceptors (Lipinski definition) is 8. The molecule has 13 heteroatoms. The van der Waals surface area contributed by atoms with Gasteiger partial charge in [-0.2, -0.15) is 10.4 Å². The molecule has 2 aromatic heterocycles. The molecule has 0 unspecified atom stereocenters. The first-order valence-electron chi connectivity index (χ1n) is 13.9. The highest BCUT2D eigenvalue weighted by atomic mass is 19.1. The number of carboxylic acid groups (broad SMARTS) is 1. The number of carbonyl (C=O) groups excluding carboxylic acids is 1. The Morgan fingerprint density at radius 2 is 1.98 bits per heavy atom. The molecule has 2 amide bonds. The van der Waals surface area contributed by atoms with E-state index in [1.54, 1.807) is 47.7 Å². The lowest BCUT2D eigenvalue weighted by atomic mass is 9.99. The van der Waals surface area contributed by atoms with E-state index in [4.69, 9.17) is 10.5 Å². The number of ether oxygens (including phenoxy) is 1. The molecule has 12 nitrogen and oxygen atoms in total. The lowest BCUT2D eigenvalue weighted by Crippen LogP contribution is -2.44. The van der Waals surface area contributed by atoms with E-state index in [0.29, 0.717) is 41.9 Å². The molecular formula is C31H31FN8O4. The molecule has 3 N–H and O–H groups in total. The first kappa shape index (κ1) is 30.0. The fraction of sp³-hybridized carbons (Fsp3) is 0.290. The Bertz CT molecular complexity index is 1800. The second kappa shape index (κ2) is 12.0. The summed E-state index contributed by atoms with van der Waals surface area (Å²) in [5, 5.41) is 24.3. The summed E-state index contributed by atoms with van der Waals surface area (Å²) >= 11 is 0. The highest BCUT2D eigenvalue weighted by molar-refractivity contribution is 5.99. The smallest absolute Gasteiger partial charge is 0.407 e. The van der Waals surface area contributed by atoms with Crippen molar-refractivity contribution in [2.45, 2.75) is 44.8 Å². The Kier molecular flexibility index (Phi) is 8.17. The number of hydrogen-bond donors (Lipinski definition) is 2. The van der Waals surface area contributed by atoms with Crippen molar-refractivity contribution >= 4 is 28.9 Å². The minimum absolute atomic E-state index is 0.124. The summed E-state index contributed by atoms with van der Waals surface area (Å²) in [4.78, 5) is 36.1. The van der Waals surface area contributed by atoms with Crippen molar-refractivity contribution in [3.8, 4) is 28.8 Å². The van der Waals surface area contributed by atoms with E-state index in [9.17, 15) is 20.0 Å². The van der Waals surface area contributed by atoms with Crippen LogP contribution in [0.4, 0.5) is 15.0 Å². The SMILES string of the molecule is CN(C(=O)O)C(C)(C)/C=C(\C#N)C(=O)N1CCC[C@H]1Cn1nc(-c2ccc(Oc3ccccc3)cc2F)c2c(N)ncnc21. The number of likely N-dealkylation sites (tertiary alicyclic amines) is 1. The van der Waals surface area contributed by atoms with Crippen LogP contribution in [0.5, 0.6) is 11.5 Å². The van der Waals surface area contributed by atoms with Gasteiger partial charge in [0.15, 0.2) is 5.65 Å². The minimum Gasteiger partial charge on any atom is -0.465 e. The number of nitriles is 1. The van der Waals surface area contributed by atoms with Crippen LogP contribution in [0.1, 0.15) is 26.7 Å². The third-order valence-electron chi connectivity index (χ3n) is 7.75. The summed E-state index contributed by atoms with van der Waals surface area (Å²) in [6, 6.07) is 15.0. The molecule has 1 atom stereocenters. The molecule has 5 rings (SSSR count). The summed E-state index contributed by atoms with van der Waals surface area (Å²) in [6.07, 6.45) is 2.78. The van der Waals surface area contributed by atoms with Crippen molar-refractivity contribution in [1.82, 2.24) is 29.5 Å². The van der Waals surface area contributed by atoms with Gasteiger partial charge in [0.2, 0.25) is 0 Å². The second-order valence-corrected chi connectivity index (χ2v) is 11.0. The van der Waals surface area contributed by atoms with Crippen molar-refractivity contribution in [2.24, 2.45) is 0 Å². The summed E-state index contributed by atoms with van der Waals surface area (Å²) in [5.41, 5.74) is 5.76. The fourth-order valence-corrected chi connectivity index (χ4v) is 5.21. The predicted molar refractivity (Wildman–Crippen MR) is 160 cm³/mol. The molecule has 0 bridgehead atoms. The number of halogens is 1. The molecule has 3 heterocycles. The number of nitrogens with two attached hydrogens (primary N) is 1. The number of benzene rings is 2. The number of anilines is 1. The molecule has 4 aromatic rings. The van der Waals surface area contributed by atoms with Crippen LogP contribution in [-0.4, -0.2) is 71.8 Å².